The first-order valence-electron chi connectivity index (χ1n) is 6.44. The van der Waals surface area contributed by atoms with Gasteiger partial charge in [0.1, 0.15) is 10.8 Å². The second-order valence-corrected chi connectivity index (χ2v) is 5.79. The van der Waals surface area contributed by atoms with Crippen molar-refractivity contribution in [3.05, 3.63) is 35.1 Å². The van der Waals surface area contributed by atoms with Crippen LogP contribution in [0.5, 0.6) is 0 Å². The van der Waals surface area contributed by atoms with E-state index in [-0.39, 0.29) is 10.8 Å². The summed E-state index contributed by atoms with van der Waals surface area (Å²) in [5, 5.41) is 0. The molecule has 5 heteroatoms. The molecule has 0 saturated carbocycles. The van der Waals surface area contributed by atoms with Crippen LogP contribution in [0.1, 0.15) is 17.5 Å². The van der Waals surface area contributed by atoms with E-state index in [9.17, 15) is 4.39 Å². The largest absolute Gasteiger partial charge is 0.389 e. The fourth-order valence-corrected chi connectivity index (χ4v) is 2.64. The van der Waals surface area contributed by atoms with Crippen molar-refractivity contribution >= 4 is 17.2 Å². The van der Waals surface area contributed by atoms with E-state index >= 15 is 0 Å². The van der Waals surface area contributed by atoms with Gasteiger partial charge >= 0.3 is 0 Å². The Morgan fingerprint density at radius 2 is 2.21 bits per heavy atom. The standard InChI is InChI=1S/C14H20FN3S/c1-17(2)13-3-4-18(9-13)8-10-5-11(14(16)19)7-12(15)6-10/h5-7,13H,3-4,8-9H2,1-2H3,(H2,16,19). The van der Waals surface area contributed by atoms with Gasteiger partial charge in [0.2, 0.25) is 0 Å². The van der Waals surface area contributed by atoms with Gasteiger partial charge < -0.3 is 10.6 Å². The lowest BCUT2D eigenvalue weighted by molar-refractivity contribution is 0.264. The topological polar surface area (TPSA) is 32.5 Å². The molecule has 2 N–H and O–H groups in total. The van der Waals surface area contributed by atoms with Crippen molar-refractivity contribution in [3.8, 4) is 0 Å². The van der Waals surface area contributed by atoms with Crippen LogP contribution in [-0.4, -0.2) is 48.0 Å². The van der Waals surface area contributed by atoms with Crippen LogP contribution in [0.3, 0.4) is 0 Å². The van der Waals surface area contributed by atoms with Crippen LogP contribution in [0.4, 0.5) is 4.39 Å². The predicted molar refractivity (Wildman–Crippen MR) is 79.7 cm³/mol. The lowest BCUT2D eigenvalue weighted by Crippen LogP contribution is -2.31. The van der Waals surface area contributed by atoms with Gasteiger partial charge in [-0.25, -0.2) is 4.39 Å². The van der Waals surface area contributed by atoms with E-state index in [0.717, 1.165) is 31.6 Å². The Morgan fingerprint density at radius 1 is 1.47 bits per heavy atom. The Balaban J connectivity index is 2.06. The minimum atomic E-state index is -0.274. The van der Waals surface area contributed by atoms with Crippen LogP contribution in [0.15, 0.2) is 18.2 Å². The SMILES string of the molecule is CN(C)C1CCN(Cc2cc(F)cc(C(N)=S)c2)C1. The Hall–Kier alpha value is -1.04. The number of likely N-dealkylation sites (N-methyl/N-ethyl adjacent to an activating group) is 1. The third-order valence-corrected chi connectivity index (χ3v) is 3.86. The summed E-state index contributed by atoms with van der Waals surface area (Å²) in [5.74, 6) is -0.274. The van der Waals surface area contributed by atoms with E-state index in [1.54, 1.807) is 6.07 Å². The molecule has 1 aliphatic rings. The molecule has 1 aliphatic heterocycles. The van der Waals surface area contributed by atoms with E-state index in [1.807, 2.05) is 6.07 Å². The molecule has 0 spiro atoms. The normalized spacial score (nSPS) is 20.1. The predicted octanol–water partition coefficient (Wildman–Crippen LogP) is 1.60. The highest BCUT2D eigenvalue weighted by atomic mass is 32.1. The highest BCUT2D eigenvalue weighted by Crippen LogP contribution is 2.18. The summed E-state index contributed by atoms with van der Waals surface area (Å²) >= 11 is 4.91. The van der Waals surface area contributed by atoms with Crippen molar-refractivity contribution < 1.29 is 4.39 Å². The van der Waals surface area contributed by atoms with Crippen LogP contribution >= 0.6 is 12.2 Å². The lowest BCUT2D eigenvalue weighted by Gasteiger charge is -2.20. The number of nitrogens with zero attached hydrogens (tertiary/aromatic N) is 2. The third-order valence-electron chi connectivity index (χ3n) is 3.63. The van der Waals surface area contributed by atoms with Crippen molar-refractivity contribution in [2.45, 2.75) is 19.0 Å². The molecule has 1 fully saturated rings. The van der Waals surface area contributed by atoms with E-state index in [1.165, 1.54) is 6.07 Å². The van der Waals surface area contributed by atoms with Crippen LogP contribution in [0, 0.1) is 5.82 Å². The molecule has 1 aromatic carbocycles. The number of rotatable bonds is 4. The highest BCUT2D eigenvalue weighted by Gasteiger charge is 2.23. The molecule has 104 valence electrons. The number of thiocarbonyl (C=S) groups is 1. The molecule has 1 heterocycles. The van der Waals surface area contributed by atoms with Gasteiger partial charge in [-0.2, -0.15) is 0 Å². The minimum absolute atomic E-state index is 0.244. The number of likely N-dealkylation sites (tertiary alicyclic amines) is 1. The Labute approximate surface area is 119 Å². The van der Waals surface area contributed by atoms with Crippen LogP contribution in [0.2, 0.25) is 0 Å². The number of nitrogens with two attached hydrogens (primary N) is 1. The van der Waals surface area contributed by atoms with Crippen molar-refractivity contribution in [1.82, 2.24) is 9.80 Å². The first kappa shape index (κ1) is 14.4. The average Bonchev–Trinajstić information content (AvgIpc) is 2.76. The van der Waals surface area contributed by atoms with Gasteiger partial charge in [0.15, 0.2) is 0 Å². The van der Waals surface area contributed by atoms with Crippen molar-refractivity contribution in [2.75, 3.05) is 27.2 Å². The van der Waals surface area contributed by atoms with Gasteiger partial charge in [0.05, 0.1) is 0 Å². The maximum atomic E-state index is 13.5. The number of hydrogen-bond donors (Lipinski definition) is 1. The zero-order chi connectivity index (χ0) is 14.0. The monoisotopic (exact) mass is 281 g/mol. The first-order chi connectivity index (χ1) is 8.95. The highest BCUT2D eigenvalue weighted by molar-refractivity contribution is 7.80. The molecule has 0 aliphatic carbocycles. The molecular formula is C14H20FN3S. The van der Waals surface area contributed by atoms with Gasteiger partial charge in [-0.15, -0.1) is 0 Å². The second-order valence-electron chi connectivity index (χ2n) is 5.35. The zero-order valence-corrected chi connectivity index (χ0v) is 12.2. The number of hydrogen-bond acceptors (Lipinski definition) is 3. The molecule has 3 nitrogen and oxygen atoms in total. The molecule has 0 bridgehead atoms. The van der Waals surface area contributed by atoms with Crippen molar-refractivity contribution in [2.24, 2.45) is 5.73 Å². The van der Waals surface area contributed by atoms with Gasteiger partial charge in [0.25, 0.3) is 0 Å². The maximum absolute atomic E-state index is 13.5. The molecule has 0 radical (unpaired) electrons. The van der Waals surface area contributed by atoms with Gasteiger partial charge in [-0.1, -0.05) is 12.2 Å². The number of benzene rings is 1. The smallest absolute Gasteiger partial charge is 0.124 e. The fraction of sp³-hybridized carbons (Fsp3) is 0.500. The molecule has 0 aromatic heterocycles. The molecule has 2 rings (SSSR count). The summed E-state index contributed by atoms with van der Waals surface area (Å²) in [7, 11) is 4.20. The molecule has 1 unspecified atom stereocenters. The summed E-state index contributed by atoms with van der Waals surface area (Å²) in [6.45, 7) is 2.81. The van der Waals surface area contributed by atoms with E-state index < -0.39 is 0 Å². The quantitative estimate of drug-likeness (QED) is 0.850. The molecule has 19 heavy (non-hydrogen) atoms. The molecule has 1 aromatic rings. The maximum Gasteiger partial charge on any atom is 0.124 e. The summed E-state index contributed by atoms with van der Waals surface area (Å²) in [6.07, 6.45) is 1.16. The Morgan fingerprint density at radius 3 is 2.79 bits per heavy atom. The summed E-state index contributed by atoms with van der Waals surface area (Å²) in [4.78, 5) is 4.82. The Kier molecular flexibility index (Phi) is 4.50. The van der Waals surface area contributed by atoms with Crippen LogP contribution < -0.4 is 5.73 Å². The fourth-order valence-electron chi connectivity index (χ4n) is 2.52. The van der Waals surface area contributed by atoms with Gasteiger partial charge in [-0.3, -0.25) is 4.90 Å². The average molecular weight is 281 g/mol. The zero-order valence-electron chi connectivity index (χ0n) is 11.4. The van der Waals surface area contributed by atoms with Crippen molar-refractivity contribution in [3.63, 3.8) is 0 Å². The van der Waals surface area contributed by atoms with Crippen LogP contribution in [0.25, 0.3) is 0 Å². The molecule has 1 atom stereocenters. The summed E-state index contributed by atoms with van der Waals surface area (Å²) in [6, 6.07) is 5.42. The van der Waals surface area contributed by atoms with E-state index in [4.69, 9.17) is 18.0 Å². The second kappa shape index (κ2) is 5.94. The Bertz CT molecular complexity index is 476. The first-order valence-corrected chi connectivity index (χ1v) is 6.84. The summed E-state index contributed by atoms with van der Waals surface area (Å²) < 4.78 is 13.5. The third kappa shape index (κ3) is 3.72. The van der Waals surface area contributed by atoms with E-state index in [0.29, 0.717) is 11.6 Å². The van der Waals surface area contributed by atoms with Gasteiger partial charge in [0, 0.05) is 31.2 Å². The lowest BCUT2D eigenvalue weighted by atomic mass is 10.1. The van der Waals surface area contributed by atoms with Gasteiger partial charge in [-0.05, 0) is 44.3 Å². The minimum Gasteiger partial charge on any atom is -0.389 e. The molecule has 0 amide bonds. The molecule has 1 saturated heterocycles. The molecular weight excluding hydrogens is 261 g/mol. The van der Waals surface area contributed by atoms with E-state index in [2.05, 4.69) is 23.9 Å². The van der Waals surface area contributed by atoms with Crippen molar-refractivity contribution in [1.29, 1.82) is 0 Å². The summed E-state index contributed by atoms with van der Waals surface area (Å²) in [5.41, 5.74) is 7.10. The number of halogens is 1. The van der Waals surface area contributed by atoms with Crippen LogP contribution in [-0.2, 0) is 6.54 Å².